The molecule has 2 N–H and O–H groups in total. The highest BCUT2D eigenvalue weighted by atomic mass is 16.6. The molecule has 0 spiro atoms. The van der Waals surface area contributed by atoms with Crippen LogP contribution in [-0.2, 0) is 4.74 Å². The van der Waals surface area contributed by atoms with E-state index < -0.39 is 23.3 Å². The molecule has 3 rings (SSSR count). The van der Waals surface area contributed by atoms with Crippen molar-refractivity contribution in [3.05, 3.63) is 46.7 Å². The van der Waals surface area contributed by atoms with Crippen LogP contribution in [0.3, 0.4) is 0 Å². The summed E-state index contributed by atoms with van der Waals surface area (Å²) in [7, 11) is 0. The second-order valence-electron chi connectivity index (χ2n) is 8.27. The number of fused-ring (bicyclic) bond motifs is 1. The number of nitrogens with zero attached hydrogens (tertiary/aromatic N) is 4. The van der Waals surface area contributed by atoms with Gasteiger partial charge in [-0.15, -0.1) is 0 Å². The average molecular weight is 476 g/mol. The number of hydrogen-bond acceptors (Lipinski definition) is 8. The average Bonchev–Trinajstić information content (AvgIpc) is 2.87. The van der Waals surface area contributed by atoms with Crippen molar-refractivity contribution in [3.8, 4) is 29.7 Å². The molecule has 0 unspecified atom stereocenters. The molecule has 0 radical (unpaired) electrons. The lowest BCUT2D eigenvalue weighted by atomic mass is 9.58. The molecule has 1 heterocycles. The molecule has 1 amide bonds. The van der Waals surface area contributed by atoms with Crippen LogP contribution >= 0.6 is 0 Å². The van der Waals surface area contributed by atoms with Gasteiger partial charge in [0.15, 0.2) is 16.9 Å². The van der Waals surface area contributed by atoms with Crippen LogP contribution in [0.1, 0.15) is 38.7 Å². The summed E-state index contributed by atoms with van der Waals surface area (Å²) in [5.41, 5.74) is 5.84. The minimum atomic E-state index is -1.82. The van der Waals surface area contributed by atoms with Gasteiger partial charge in [-0.05, 0) is 43.5 Å². The van der Waals surface area contributed by atoms with E-state index in [0.29, 0.717) is 35.8 Å². The van der Waals surface area contributed by atoms with Gasteiger partial charge in [0.25, 0.3) is 0 Å². The second kappa shape index (κ2) is 10.8. The molecule has 9 heteroatoms. The highest BCUT2D eigenvalue weighted by Gasteiger charge is 2.55. The molecule has 1 aromatic rings. The molecule has 2 aliphatic rings. The van der Waals surface area contributed by atoms with Crippen LogP contribution in [0.5, 0.6) is 11.5 Å². The summed E-state index contributed by atoms with van der Waals surface area (Å²) < 4.78 is 16.8. The summed E-state index contributed by atoms with van der Waals surface area (Å²) in [5.74, 6) is -0.259. The maximum Gasteiger partial charge on any atom is 0.410 e. The van der Waals surface area contributed by atoms with Crippen molar-refractivity contribution in [2.75, 3.05) is 32.9 Å². The Balaban J connectivity index is 2.22. The summed E-state index contributed by atoms with van der Waals surface area (Å²) in [6, 6.07) is 11.6. The molecule has 0 fully saturated rings. The SMILES string of the molecule is CCCOc1ccc([C@H]2[C@H]3CN(C(=O)OCC)CC=C3C(C#N)=C(N)C2(C#N)C#N)cc1OCC. The Morgan fingerprint density at radius 2 is 1.89 bits per heavy atom. The van der Waals surface area contributed by atoms with E-state index >= 15 is 0 Å². The molecule has 1 aromatic carbocycles. The third-order valence-electron chi connectivity index (χ3n) is 6.28. The number of benzene rings is 1. The van der Waals surface area contributed by atoms with Gasteiger partial charge < -0.3 is 24.8 Å². The van der Waals surface area contributed by atoms with Gasteiger partial charge in [0, 0.05) is 24.9 Å². The standard InChI is InChI=1S/C26H29N5O4/c1-4-11-35-21-8-7-17(12-22(21)33-5-2)23-20-14-31(25(32)34-6-3)10-9-18(20)19(13-27)24(30)26(23,15-28)16-29/h7-9,12,20,23H,4-6,10-11,14,30H2,1-3H3/t20-,23-/m0/s1. The number of amides is 1. The maximum absolute atomic E-state index is 12.5. The Morgan fingerprint density at radius 3 is 2.49 bits per heavy atom. The van der Waals surface area contributed by atoms with Crippen molar-refractivity contribution < 1.29 is 19.0 Å². The van der Waals surface area contributed by atoms with Gasteiger partial charge in [-0.2, -0.15) is 15.8 Å². The third kappa shape index (κ3) is 4.48. The lowest BCUT2D eigenvalue weighted by Gasteiger charge is -2.45. The van der Waals surface area contributed by atoms with E-state index in [4.69, 9.17) is 19.9 Å². The largest absolute Gasteiger partial charge is 0.490 e. The van der Waals surface area contributed by atoms with Gasteiger partial charge in [-0.1, -0.05) is 19.1 Å². The number of rotatable bonds is 7. The third-order valence-corrected chi connectivity index (χ3v) is 6.28. The summed E-state index contributed by atoms with van der Waals surface area (Å²) in [5, 5.41) is 30.4. The number of carbonyl (C=O) groups is 1. The van der Waals surface area contributed by atoms with Gasteiger partial charge >= 0.3 is 6.09 Å². The number of nitrogens with two attached hydrogens (primary N) is 1. The zero-order valence-corrected chi connectivity index (χ0v) is 20.2. The Kier molecular flexibility index (Phi) is 7.89. The number of ether oxygens (including phenoxy) is 3. The molecule has 0 saturated carbocycles. The van der Waals surface area contributed by atoms with Crippen molar-refractivity contribution in [1.29, 1.82) is 15.8 Å². The van der Waals surface area contributed by atoms with Crippen LogP contribution in [-0.4, -0.2) is 43.9 Å². The molecule has 35 heavy (non-hydrogen) atoms. The maximum atomic E-state index is 12.5. The van der Waals surface area contributed by atoms with Gasteiger partial charge in [-0.25, -0.2) is 4.79 Å². The molecular weight excluding hydrogens is 446 g/mol. The molecule has 182 valence electrons. The van der Waals surface area contributed by atoms with Crippen molar-refractivity contribution in [3.63, 3.8) is 0 Å². The lowest BCUT2D eigenvalue weighted by Crippen LogP contribution is -2.49. The van der Waals surface area contributed by atoms with E-state index in [2.05, 4.69) is 18.2 Å². The summed E-state index contributed by atoms with van der Waals surface area (Å²) >= 11 is 0. The smallest absolute Gasteiger partial charge is 0.410 e. The van der Waals surface area contributed by atoms with Crippen LogP contribution < -0.4 is 15.2 Å². The van der Waals surface area contributed by atoms with E-state index in [9.17, 15) is 20.6 Å². The predicted octanol–water partition coefficient (Wildman–Crippen LogP) is 3.76. The minimum Gasteiger partial charge on any atom is -0.490 e. The van der Waals surface area contributed by atoms with Crippen LogP contribution in [0.25, 0.3) is 0 Å². The predicted molar refractivity (Wildman–Crippen MR) is 127 cm³/mol. The fourth-order valence-electron chi connectivity index (χ4n) is 4.74. The number of hydrogen-bond donors (Lipinski definition) is 1. The second-order valence-corrected chi connectivity index (χ2v) is 8.27. The molecule has 0 aromatic heterocycles. The van der Waals surface area contributed by atoms with E-state index in [0.717, 1.165) is 6.42 Å². The van der Waals surface area contributed by atoms with E-state index in [1.165, 1.54) is 4.90 Å². The monoisotopic (exact) mass is 475 g/mol. The first-order valence-electron chi connectivity index (χ1n) is 11.7. The van der Waals surface area contributed by atoms with Gasteiger partial charge in [0.05, 0.1) is 43.2 Å². The molecule has 0 bridgehead atoms. The quantitative estimate of drug-likeness (QED) is 0.627. The van der Waals surface area contributed by atoms with Gasteiger partial charge in [0.2, 0.25) is 0 Å². The highest BCUT2D eigenvalue weighted by molar-refractivity contribution is 5.69. The van der Waals surface area contributed by atoms with Gasteiger partial charge in [-0.3, -0.25) is 0 Å². The summed E-state index contributed by atoms with van der Waals surface area (Å²) in [4.78, 5) is 14.0. The summed E-state index contributed by atoms with van der Waals surface area (Å²) in [6.07, 6.45) is 2.07. The Morgan fingerprint density at radius 1 is 1.14 bits per heavy atom. The first-order chi connectivity index (χ1) is 16.9. The number of nitriles is 3. The van der Waals surface area contributed by atoms with Crippen molar-refractivity contribution in [1.82, 2.24) is 4.90 Å². The fraction of sp³-hybridized carbons (Fsp3) is 0.462. The minimum absolute atomic E-state index is 0.0774. The van der Waals surface area contributed by atoms with E-state index in [1.807, 2.05) is 13.8 Å². The van der Waals surface area contributed by atoms with E-state index in [1.54, 1.807) is 31.2 Å². The van der Waals surface area contributed by atoms with Gasteiger partial charge in [0.1, 0.15) is 6.07 Å². The van der Waals surface area contributed by atoms with E-state index in [-0.39, 0.29) is 31.0 Å². The molecule has 0 saturated heterocycles. The number of carbonyl (C=O) groups excluding carboxylic acids is 1. The first kappa shape index (κ1) is 25.5. The number of allylic oxidation sites excluding steroid dienone is 2. The molecule has 9 nitrogen and oxygen atoms in total. The Labute approximate surface area is 205 Å². The molecular formula is C26H29N5O4. The van der Waals surface area contributed by atoms with Crippen molar-refractivity contribution in [2.45, 2.75) is 33.1 Å². The topological polar surface area (TPSA) is 145 Å². The van der Waals surface area contributed by atoms with Crippen LogP contribution in [0.15, 0.2) is 41.1 Å². The Hall–Kier alpha value is -4.16. The first-order valence-corrected chi connectivity index (χ1v) is 11.7. The molecule has 2 atom stereocenters. The van der Waals surface area contributed by atoms with Crippen molar-refractivity contribution >= 4 is 6.09 Å². The van der Waals surface area contributed by atoms with Crippen LogP contribution in [0, 0.1) is 45.3 Å². The fourth-order valence-corrected chi connectivity index (χ4v) is 4.74. The molecule has 1 aliphatic carbocycles. The van der Waals surface area contributed by atoms with Crippen LogP contribution in [0.4, 0.5) is 4.79 Å². The zero-order valence-electron chi connectivity index (χ0n) is 20.2. The highest BCUT2D eigenvalue weighted by Crippen LogP contribution is 2.54. The van der Waals surface area contributed by atoms with Crippen molar-refractivity contribution in [2.24, 2.45) is 17.1 Å². The Bertz CT molecular complexity index is 1150. The normalized spacial score (nSPS) is 20.5. The van der Waals surface area contributed by atoms with Crippen LogP contribution in [0.2, 0.25) is 0 Å². The summed E-state index contributed by atoms with van der Waals surface area (Å²) in [6.45, 7) is 7.08. The molecule has 1 aliphatic heterocycles. The lowest BCUT2D eigenvalue weighted by molar-refractivity contribution is 0.0999. The zero-order chi connectivity index (χ0) is 25.6.